The highest BCUT2D eigenvalue weighted by Crippen LogP contribution is 1.96. The van der Waals surface area contributed by atoms with E-state index in [9.17, 15) is 0 Å². The van der Waals surface area contributed by atoms with Crippen molar-refractivity contribution in [3.8, 4) is 0 Å². The molecular formula is C9H18N2. The molecule has 1 atom stereocenters. The van der Waals surface area contributed by atoms with Crippen molar-refractivity contribution in [2.45, 2.75) is 40.2 Å². The third-order valence-corrected chi connectivity index (χ3v) is 1.68. The van der Waals surface area contributed by atoms with Crippen LogP contribution >= 0.6 is 0 Å². The molecule has 0 fully saturated rings. The minimum atomic E-state index is 0.294. The summed E-state index contributed by atoms with van der Waals surface area (Å²) in [5, 5.41) is 7.46. The van der Waals surface area contributed by atoms with Crippen LogP contribution in [-0.4, -0.2) is 18.0 Å². The molecule has 0 aromatic carbocycles. The Morgan fingerprint density at radius 2 is 2.00 bits per heavy atom. The van der Waals surface area contributed by atoms with Gasteiger partial charge in [0.15, 0.2) is 0 Å². The van der Waals surface area contributed by atoms with Gasteiger partial charge in [0.2, 0.25) is 0 Å². The van der Waals surface area contributed by atoms with Crippen LogP contribution in [-0.2, 0) is 0 Å². The first-order valence-electron chi connectivity index (χ1n) is 4.19. The molecule has 0 rings (SSSR count). The van der Waals surface area contributed by atoms with Crippen LogP contribution in [0, 0.1) is 11.3 Å². The van der Waals surface area contributed by atoms with E-state index in [1.165, 1.54) is 0 Å². The lowest BCUT2D eigenvalue weighted by molar-refractivity contribution is 0.720. The molecule has 0 aliphatic rings. The molecule has 0 saturated carbocycles. The number of nitrogens with zero attached hydrogens (tertiary/aromatic N) is 1. The van der Waals surface area contributed by atoms with Crippen LogP contribution in [0.2, 0.25) is 0 Å². The summed E-state index contributed by atoms with van der Waals surface area (Å²) in [6.45, 7) is 8.17. The lowest BCUT2D eigenvalue weighted by Crippen LogP contribution is -2.08. The first-order chi connectivity index (χ1) is 5.07. The maximum Gasteiger partial charge on any atom is 0.0517 e. The summed E-state index contributed by atoms with van der Waals surface area (Å²) in [4.78, 5) is 4.21. The normalized spacial score (nSPS) is 14.3. The predicted octanol–water partition coefficient (Wildman–Crippen LogP) is 2.53. The van der Waals surface area contributed by atoms with Crippen molar-refractivity contribution in [3.63, 3.8) is 0 Å². The van der Waals surface area contributed by atoms with E-state index in [0.29, 0.717) is 17.7 Å². The Kier molecular flexibility index (Phi) is 4.75. The smallest absolute Gasteiger partial charge is 0.0517 e. The molecule has 0 aromatic heterocycles. The molecule has 11 heavy (non-hydrogen) atoms. The molecule has 2 nitrogen and oxygen atoms in total. The van der Waals surface area contributed by atoms with Gasteiger partial charge in [0, 0.05) is 12.3 Å². The molecule has 0 spiro atoms. The molecule has 0 heterocycles. The van der Waals surface area contributed by atoms with E-state index in [1.807, 2.05) is 13.8 Å². The maximum absolute atomic E-state index is 7.46. The number of aliphatic imine (C=N–C) groups is 1. The van der Waals surface area contributed by atoms with Gasteiger partial charge >= 0.3 is 0 Å². The standard InChI is InChI=1S/C9H18N2/c1-5-8(4)11-6-9(10)7(2)3/h6-8,10H,5H2,1-4H3. The van der Waals surface area contributed by atoms with E-state index in [0.717, 1.165) is 6.42 Å². The number of nitrogens with one attached hydrogen (secondary N) is 1. The Morgan fingerprint density at radius 3 is 2.36 bits per heavy atom. The zero-order valence-corrected chi connectivity index (χ0v) is 7.89. The van der Waals surface area contributed by atoms with E-state index in [1.54, 1.807) is 6.21 Å². The van der Waals surface area contributed by atoms with E-state index < -0.39 is 0 Å². The van der Waals surface area contributed by atoms with Crippen LogP contribution in [0.3, 0.4) is 0 Å². The van der Waals surface area contributed by atoms with Gasteiger partial charge in [-0.1, -0.05) is 20.8 Å². The van der Waals surface area contributed by atoms with E-state index in [-0.39, 0.29) is 0 Å². The fraction of sp³-hybridized carbons (Fsp3) is 0.778. The van der Waals surface area contributed by atoms with Crippen LogP contribution < -0.4 is 0 Å². The molecule has 0 aliphatic carbocycles. The molecule has 1 unspecified atom stereocenters. The average molecular weight is 154 g/mol. The Balaban J connectivity index is 3.83. The van der Waals surface area contributed by atoms with Gasteiger partial charge in [0.1, 0.15) is 0 Å². The van der Waals surface area contributed by atoms with E-state index >= 15 is 0 Å². The highest BCUT2D eigenvalue weighted by molar-refractivity contribution is 6.29. The quantitative estimate of drug-likeness (QED) is 0.604. The van der Waals surface area contributed by atoms with Gasteiger partial charge in [-0.05, 0) is 19.3 Å². The number of rotatable bonds is 4. The summed E-state index contributed by atoms with van der Waals surface area (Å²) in [5.41, 5.74) is 0.616. The fourth-order valence-electron chi connectivity index (χ4n) is 0.462. The summed E-state index contributed by atoms with van der Waals surface area (Å²) in [6, 6.07) is 0.356. The molecule has 0 aliphatic heterocycles. The Hall–Kier alpha value is -0.660. The molecule has 0 bridgehead atoms. The first kappa shape index (κ1) is 10.3. The topological polar surface area (TPSA) is 36.2 Å². The third kappa shape index (κ3) is 4.71. The molecule has 0 aromatic rings. The molecule has 0 saturated heterocycles. The highest BCUT2D eigenvalue weighted by atomic mass is 14.8. The molecule has 64 valence electrons. The van der Waals surface area contributed by atoms with Crippen LogP contribution in [0.5, 0.6) is 0 Å². The summed E-state index contributed by atoms with van der Waals surface area (Å²) < 4.78 is 0. The van der Waals surface area contributed by atoms with E-state index in [4.69, 9.17) is 5.41 Å². The number of hydrogen-bond donors (Lipinski definition) is 1. The maximum atomic E-state index is 7.46. The lowest BCUT2D eigenvalue weighted by atomic mass is 10.1. The monoisotopic (exact) mass is 154 g/mol. The zero-order chi connectivity index (χ0) is 8.85. The second-order valence-corrected chi connectivity index (χ2v) is 3.15. The highest BCUT2D eigenvalue weighted by Gasteiger charge is 1.98. The summed E-state index contributed by atoms with van der Waals surface area (Å²) >= 11 is 0. The molecule has 0 amide bonds. The minimum Gasteiger partial charge on any atom is -0.303 e. The van der Waals surface area contributed by atoms with Gasteiger partial charge < -0.3 is 5.41 Å². The summed E-state index contributed by atoms with van der Waals surface area (Å²) in [5.74, 6) is 0.294. The fourth-order valence-corrected chi connectivity index (χ4v) is 0.462. The van der Waals surface area contributed by atoms with Crippen molar-refractivity contribution < 1.29 is 0 Å². The summed E-state index contributed by atoms with van der Waals surface area (Å²) in [6.07, 6.45) is 2.72. The van der Waals surface area contributed by atoms with Crippen molar-refractivity contribution >= 4 is 11.9 Å². The minimum absolute atomic E-state index is 0.294. The molecule has 0 radical (unpaired) electrons. The second kappa shape index (κ2) is 5.05. The van der Waals surface area contributed by atoms with Crippen molar-refractivity contribution in [3.05, 3.63) is 0 Å². The van der Waals surface area contributed by atoms with Gasteiger partial charge in [-0.2, -0.15) is 0 Å². The molecular weight excluding hydrogens is 136 g/mol. The Bertz CT molecular complexity index is 148. The van der Waals surface area contributed by atoms with Crippen molar-refractivity contribution in [1.29, 1.82) is 5.41 Å². The van der Waals surface area contributed by atoms with Gasteiger partial charge in [-0.25, -0.2) is 0 Å². The zero-order valence-electron chi connectivity index (χ0n) is 7.89. The van der Waals surface area contributed by atoms with Crippen molar-refractivity contribution in [2.24, 2.45) is 10.9 Å². The third-order valence-electron chi connectivity index (χ3n) is 1.68. The van der Waals surface area contributed by atoms with Crippen molar-refractivity contribution in [1.82, 2.24) is 0 Å². The molecule has 2 heteroatoms. The second-order valence-electron chi connectivity index (χ2n) is 3.15. The van der Waals surface area contributed by atoms with Gasteiger partial charge in [-0.15, -0.1) is 0 Å². The van der Waals surface area contributed by atoms with Gasteiger partial charge in [-0.3, -0.25) is 4.99 Å². The largest absolute Gasteiger partial charge is 0.303 e. The average Bonchev–Trinajstić information content (AvgIpc) is 1.99. The Morgan fingerprint density at radius 1 is 1.45 bits per heavy atom. The lowest BCUT2D eigenvalue weighted by Gasteiger charge is -2.02. The van der Waals surface area contributed by atoms with Crippen LogP contribution in [0.15, 0.2) is 4.99 Å². The molecule has 1 N–H and O–H groups in total. The van der Waals surface area contributed by atoms with Crippen LogP contribution in [0.25, 0.3) is 0 Å². The predicted molar refractivity (Wildman–Crippen MR) is 50.8 cm³/mol. The summed E-state index contributed by atoms with van der Waals surface area (Å²) in [7, 11) is 0. The SMILES string of the molecule is CCC(C)N=CC(=N)C(C)C. The van der Waals surface area contributed by atoms with E-state index in [2.05, 4.69) is 18.8 Å². The van der Waals surface area contributed by atoms with Gasteiger partial charge in [0.25, 0.3) is 0 Å². The Labute approximate surface area is 69.2 Å². The van der Waals surface area contributed by atoms with Gasteiger partial charge in [0.05, 0.1) is 5.71 Å². The first-order valence-corrected chi connectivity index (χ1v) is 4.19. The van der Waals surface area contributed by atoms with Crippen LogP contribution in [0.4, 0.5) is 0 Å². The van der Waals surface area contributed by atoms with Crippen molar-refractivity contribution in [2.75, 3.05) is 0 Å². The van der Waals surface area contributed by atoms with Crippen LogP contribution in [0.1, 0.15) is 34.1 Å². The number of hydrogen-bond acceptors (Lipinski definition) is 2.